The molecule has 1 N–H and O–H groups in total. The molecule has 9 heteroatoms. The van der Waals surface area contributed by atoms with Crippen molar-refractivity contribution in [1.29, 1.82) is 0 Å². The largest absolute Gasteiger partial charge is 0.392 e. The second-order valence-electron chi connectivity index (χ2n) is 6.12. The van der Waals surface area contributed by atoms with Crippen molar-refractivity contribution >= 4 is 10.0 Å². The first-order valence-corrected chi connectivity index (χ1v) is 9.72. The van der Waals surface area contributed by atoms with Crippen LogP contribution in [0.15, 0.2) is 4.52 Å². The average Bonchev–Trinajstić information content (AvgIpc) is 3.25. The van der Waals surface area contributed by atoms with Crippen LogP contribution < -0.4 is 0 Å². The van der Waals surface area contributed by atoms with Gasteiger partial charge in [-0.25, -0.2) is 8.42 Å². The number of hydrogen-bond donors (Lipinski definition) is 1. The molecule has 0 aromatic carbocycles. The molecular formula is C14H23N3O5S. The molecule has 0 unspecified atom stereocenters. The predicted octanol–water partition coefficient (Wildman–Crippen LogP) is 0.639. The molecule has 1 aromatic rings. The van der Waals surface area contributed by atoms with Crippen LogP contribution in [0.5, 0.6) is 0 Å². The lowest BCUT2D eigenvalue weighted by Gasteiger charge is -2.21. The Hall–Kier alpha value is -1.03. The fourth-order valence-electron chi connectivity index (χ4n) is 3.13. The second kappa shape index (κ2) is 6.84. The van der Waals surface area contributed by atoms with Gasteiger partial charge in [-0.1, -0.05) is 12.1 Å². The van der Waals surface area contributed by atoms with Gasteiger partial charge in [0, 0.05) is 26.0 Å². The van der Waals surface area contributed by atoms with Gasteiger partial charge in [-0.2, -0.15) is 9.29 Å². The molecule has 2 aliphatic rings. The maximum Gasteiger partial charge on any atom is 0.245 e. The van der Waals surface area contributed by atoms with E-state index in [0.717, 1.165) is 12.8 Å². The van der Waals surface area contributed by atoms with Crippen molar-refractivity contribution in [2.45, 2.75) is 57.3 Å². The average molecular weight is 345 g/mol. The molecular weight excluding hydrogens is 322 g/mol. The Balaban J connectivity index is 1.72. The van der Waals surface area contributed by atoms with Gasteiger partial charge in [0.1, 0.15) is 6.04 Å². The number of aromatic nitrogens is 2. The molecule has 2 saturated heterocycles. The van der Waals surface area contributed by atoms with Crippen LogP contribution in [0.2, 0.25) is 0 Å². The zero-order valence-corrected chi connectivity index (χ0v) is 14.0. The Morgan fingerprint density at radius 2 is 2.26 bits per heavy atom. The minimum Gasteiger partial charge on any atom is -0.392 e. The van der Waals surface area contributed by atoms with Crippen LogP contribution in [0, 0.1) is 0 Å². The molecule has 3 atom stereocenters. The van der Waals surface area contributed by atoms with E-state index < -0.39 is 22.2 Å². The van der Waals surface area contributed by atoms with E-state index >= 15 is 0 Å². The summed E-state index contributed by atoms with van der Waals surface area (Å²) in [6.45, 7) is 2.67. The first-order chi connectivity index (χ1) is 11.0. The zero-order chi connectivity index (χ0) is 16.4. The van der Waals surface area contributed by atoms with Gasteiger partial charge in [0.15, 0.2) is 5.82 Å². The van der Waals surface area contributed by atoms with Crippen molar-refractivity contribution in [3.8, 4) is 0 Å². The maximum absolute atomic E-state index is 12.7. The Bertz CT molecular complexity index is 626. The van der Waals surface area contributed by atoms with Crippen molar-refractivity contribution in [3.63, 3.8) is 0 Å². The summed E-state index contributed by atoms with van der Waals surface area (Å²) in [6, 6.07) is -0.577. The summed E-state index contributed by atoms with van der Waals surface area (Å²) in [4.78, 5) is 4.23. The number of ether oxygens (including phenoxy) is 1. The van der Waals surface area contributed by atoms with E-state index in [1.165, 1.54) is 4.31 Å². The van der Waals surface area contributed by atoms with Gasteiger partial charge in [-0.15, -0.1) is 0 Å². The Morgan fingerprint density at radius 1 is 1.43 bits per heavy atom. The standard InChI is InChI=1S/C14H23N3O5S/c1-2-13-15-14(22-16-13)12-8-10(18)9-17(12)23(19,20)7-5-11-4-3-6-21-11/h10-12,18H,2-9H2,1H3/t10-,11-,12+/m0/s1. The van der Waals surface area contributed by atoms with Crippen molar-refractivity contribution in [1.82, 2.24) is 14.4 Å². The molecule has 0 bridgehead atoms. The maximum atomic E-state index is 12.7. The zero-order valence-electron chi connectivity index (χ0n) is 13.2. The number of hydrogen-bond acceptors (Lipinski definition) is 7. The lowest BCUT2D eigenvalue weighted by Crippen LogP contribution is -2.34. The lowest BCUT2D eigenvalue weighted by atomic mass is 10.2. The SMILES string of the molecule is CCc1noc([C@H]2C[C@H](O)CN2S(=O)(=O)CC[C@@H]2CCCO2)n1. The molecule has 0 radical (unpaired) electrons. The van der Waals surface area contributed by atoms with Crippen molar-refractivity contribution in [2.75, 3.05) is 18.9 Å². The fourth-order valence-corrected chi connectivity index (χ4v) is 4.89. The lowest BCUT2D eigenvalue weighted by molar-refractivity contribution is 0.108. The molecule has 3 rings (SSSR count). The highest BCUT2D eigenvalue weighted by molar-refractivity contribution is 7.89. The summed E-state index contributed by atoms with van der Waals surface area (Å²) < 4.78 is 37.3. The van der Waals surface area contributed by atoms with E-state index in [-0.39, 0.29) is 30.7 Å². The molecule has 2 fully saturated rings. The number of sulfonamides is 1. The van der Waals surface area contributed by atoms with Gasteiger partial charge in [0.25, 0.3) is 0 Å². The molecule has 130 valence electrons. The van der Waals surface area contributed by atoms with Gasteiger partial charge >= 0.3 is 0 Å². The summed E-state index contributed by atoms with van der Waals surface area (Å²) in [5.74, 6) is 0.813. The summed E-state index contributed by atoms with van der Waals surface area (Å²) in [5.41, 5.74) is 0. The van der Waals surface area contributed by atoms with E-state index in [2.05, 4.69) is 10.1 Å². The normalized spacial score (nSPS) is 29.4. The van der Waals surface area contributed by atoms with Gasteiger partial charge in [0.05, 0.1) is 18.0 Å². The van der Waals surface area contributed by atoms with Crippen molar-refractivity contribution < 1.29 is 22.8 Å². The first kappa shape index (κ1) is 16.8. The molecule has 0 spiro atoms. The monoisotopic (exact) mass is 345 g/mol. The Morgan fingerprint density at radius 3 is 2.91 bits per heavy atom. The molecule has 1 aromatic heterocycles. The minimum absolute atomic E-state index is 0.00958. The highest BCUT2D eigenvalue weighted by Crippen LogP contribution is 2.34. The van der Waals surface area contributed by atoms with Gasteiger partial charge in [0.2, 0.25) is 15.9 Å². The third-order valence-electron chi connectivity index (χ3n) is 4.40. The number of nitrogens with zero attached hydrogens (tertiary/aromatic N) is 3. The topological polar surface area (TPSA) is 106 Å². The van der Waals surface area contributed by atoms with Gasteiger partial charge in [-0.05, 0) is 19.3 Å². The second-order valence-corrected chi connectivity index (χ2v) is 8.16. The van der Waals surface area contributed by atoms with Crippen LogP contribution in [0.4, 0.5) is 0 Å². The van der Waals surface area contributed by atoms with Gasteiger partial charge < -0.3 is 14.4 Å². The van der Waals surface area contributed by atoms with E-state index in [1.807, 2.05) is 6.92 Å². The molecule has 0 amide bonds. The summed E-state index contributed by atoms with van der Waals surface area (Å²) in [7, 11) is -3.51. The minimum atomic E-state index is -3.51. The number of aryl methyl sites for hydroxylation is 1. The quantitative estimate of drug-likeness (QED) is 0.806. The van der Waals surface area contributed by atoms with Crippen LogP contribution in [0.25, 0.3) is 0 Å². The Labute approximate surface area is 135 Å². The fraction of sp³-hybridized carbons (Fsp3) is 0.857. The van der Waals surface area contributed by atoms with E-state index in [4.69, 9.17) is 9.26 Å². The molecule has 0 aliphatic carbocycles. The van der Waals surface area contributed by atoms with Crippen molar-refractivity contribution in [3.05, 3.63) is 11.7 Å². The van der Waals surface area contributed by atoms with E-state index in [9.17, 15) is 13.5 Å². The van der Waals surface area contributed by atoms with Crippen LogP contribution >= 0.6 is 0 Å². The molecule has 8 nitrogen and oxygen atoms in total. The number of β-amino-alcohol motifs (C(OH)–C–C–N with tert-alkyl or cyclic N) is 1. The highest BCUT2D eigenvalue weighted by atomic mass is 32.2. The molecule has 0 saturated carbocycles. The van der Waals surface area contributed by atoms with Crippen LogP contribution in [0.1, 0.15) is 50.4 Å². The van der Waals surface area contributed by atoms with Crippen molar-refractivity contribution in [2.24, 2.45) is 0 Å². The number of aliphatic hydroxyl groups is 1. The molecule has 3 heterocycles. The van der Waals surface area contributed by atoms with Gasteiger partial charge in [-0.3, -0.25) is 0 Å². The highest BCUT2D eigenvalue weighted by Gasteiger charge is 2.42. The third-order valence-corrected chi connectivity index (χ3v) is 6.27. The first-order valence-electron chi connectivity index (χ1n) is 8.11. The predicted molar refractivity (Wildman–Crippen MR) is 81.1 cm³/mol. The Kier molecular flexibility index (Phi) is 5.00. The summed E-state index contributed by atoms with van der Waals surface area (Å²) >= 11 is 0. The molecule has 2 aliphatic heterocycles. The van der Waals surface area contributed by atoms with Crippen LogP contribution in [0.3, 0.4) is 0 Å². The van der Waals surface area contributed by atoms with Crippen LogP contribution in [-0.4, -0.2) is 59.1 Å². The number of rotatable bonds is 6. The summed E-state index contributed by atoms with van der Waals surface area (Å²) in [6.07, 6.45) is 2.57. The smallest absolute Gasteiger partial charge is 0.245 e. The van der Waals surface area contributed by atoms with Crippen LogP contribution in [-0.2, 0) is 21.2 Å². The molecule has 23 heavy (non-hydrogen) atoms. The summed E-state index contributed by atoms with van der Waals surface area (Å²) in [5, 5.41) is 13.7. The number of aliphatic hydroxyl groups excluding tert-OH is 1. The van der Waals surface area contributed by atoms with E-state index in [1.54, 1.807) is 0 Å². The van der Waals surface area contributed by atoms with E-state index in [0.29, 0.717) is 25.3 Å². The third kappa shape index (κ3) is 3.73.